The first-order valence-electron chi connectivity index (χ1n) is 4.54. The fourth-order valence-corrected chi connectivity index (χ4v) is 0.958. The summed E-state index contributed by atoms with van der Waals surface area (Å²) >= 11 is 0. The number of nitrogens with one attached hydrogen (secondary N) is 4. The van der Waals surface area contributed by atoms with E-state index >= 15 is 0 Å². The van der Waals surface area contributed by atoms with Crippen molar-refractivity contribution in [3.05, 3.63) is 31.3 Å². The molecule has 2 aromatic rings. The Morgan fingerprint density at radius 1 is 0.944 bits per heavy atom. The smallest absolute Gasteiger partial charge is 0.327 e. The Hall–Kier alpha value is -2.21. The molecule has 0 aliphatic heterocycles. The molecule has 0 aliphatic rings. The molecule has 0 amide bonds. The van der Waals surface area contributed by atoms with Crippen molar-refractivity contribution >= 4 is 11.2 Å². The zero-order valence-corrected chi connectivity index (χ0v) is 8.85. The third-order valence-corrected chi connectivity index (χ3v) is 1.69. The van der Waals surface area contributed by atoms with Crippen LogP contribution in [0.1, 0.15) is 0 Å². The molecule has 2 heterocycles. The zero-order chi connectivity index (χ0) is 13.9. The van der Waals surface area contributed by atoms with Crippen molar-refractivity contribution in [2.24, 2.45) is 5.73 Å². The van der Waals surface area contributed by atoms with Gasteiger partial charge in [-0.2, -0.15) is 0 Å². The number of aliphatic hydroxyl groups is 3. The average Bonchev–Trinajstić information content (AvgIpc) is 2.59. The minimum absolute atomic E-state index is 0.0413. The molecule has 11 heteroatoms. The summed E-state index contributed by atoms with van der Waals surface area (Å²) in [6.07, 6.45) is 0. The van der Waals surface area contributed by atoms with Gasteiger partial charge in [0.1, 0.15) is 11.2 Å². The molecule has 9 N–H and O–H groups in total. The molecule has 100 valence electrons. The van der Waals surface area contributed by atoms with Crippen LogP contribution in [-0.2, 0) is 0 Å². The van der Waals surface area contributed by atoms with E-state index in [0.717, 1.165) is 0 Å². The maximum Gasteiger partial charge on any atom is 0.327 e. The van der Waals surface area contributed by atoms with E-state index in [-0.39, 0.29) is 11.2 Å². The number of fused-ring (bicyclic) bond motifs is 1. The first-order chi connectivity index (χ1) is 8.23. The van der Waals surface area contributed by atoms with Crippen LogP contribution < -0.4 is 22.7 Å². The van der Waals surface area contributed by atoms with E-state index in [2.05, 4.69) is 20.7 Å². The van der Waals surface area contributed by atoms with Crippen LogP contribution in [0.2, 0.25) is 0 Å². The van der Waals surface area contributed by atoms with Gasteiger partial charge in [-0.1, -0.05) is 0 Å². The number of hydrogen-bond acceptors (Lipinski definition) is 7. The standard InChI is InChI=1S/C5H4N4O3.C2H7NO3/c10-3-1-2(7-4(11)6-1)8-5(12)9-3;3-1-2(4,5)6/h(H4,6,7,8,9,10,11,12);4-6H,1,3H2. The third-order valence-electron chi connectivity index (χ3n) is 1.69. The minimum Gasteiger partial charge on any atom is -0.343 e. The van der Waals surface area contributed by atoms with Crippen molar-refractivity contribution < 1.29 is 15.3 Å². The summed E-state index contributed by atoms with van der Waals surface area (Å²) in [6.45, 7) is -0.562. The van der Waals surface area contributed by atoms with Crippen molar-refractivity contribution in [1.29, 1.82) is 0 Å². The van der Waals surface area contributed by atoms with Crippen LogP contribution in [0.4, 0.5) is 0 Å². The monoisotopic (exact) mass is 261 g/mol. The molecule has 0 saturated heterocycles. The topological polar surface area (TPSA) is 201 Å². The Kier molecular flexibility index (Phi) is 3.82. The zero-order valence-electron chi connectivity index (χ0n) is 8.85. The van der Waals surface area contributed by atoms with Gasteiger partial charge in [-0.3, -0.25) is 24.7 Å². The molecule has 0 spiro atoms. The lowest BCUT2D eigenvalue weighted by Crippen LogP contribution is -2.36. The largest absolute Gasteiger partial charge is 0.343 e. The van der Waals surface area contributed by atoms with Crippen molar-refractivity contribution in [3.8, 4) is 0 Å². The van der Waals surface area contributed by atoms with Gasteiger partial charge in [-0.25, -0.2) is 9.59 Å². The molecule has 2 aromatic heterocycles. The Morgan fingerprint density at radius 2 is 1.39 bits per heavy atom. The van der Waals surface area contributed by atoms with E-state index in [0.29, 0.717) is 0 Å². The summed E-state index contributed by atoms with van der Waals surface area (Å²) in [5.74, 6) is -2.68. The van der Waals surface area contributed by atoms with Crippen molar-refractivity contribution in [3.63, 3.8) is 0 Å². The predicted molar refractivity (Wildman–Crippen MR) is 58.6 cm³/mol. The highest BCUT2D eigenvalue weighted by Crippen LogP contribution is 1.88. The van der Waals surface area contributed by atoms with Crippen LogP contribution in [0.3, 0.4) is 0 Å². The van der Waals surface area contributed by atoms with Crippen LogP contribution >= 0.6 is 0 Å². The number of H-pyrrole nitrogens is 4. The molecule has 0 unspecified atom stereocenters. The highest BCUT2D eigenvalue weighted by atomic mass is 16.7. The van der Waals surface area contributed by atoms with Crippen LogP contribution in [0.5, 0.6) is 0 Å². The molecule has 0 aromatic carbocycles. The first-order valence-corrected chi connectivity index (χ1v) is 4.54. The Labute approximate surface area is 96.9 Å². The lowest BCUT2D eigenvalue weighted by atomic mass is 10.5. The van der Waals surface area contributed by atoms with Crippen molar-refractivity contribution in [1.82, 2.24) is 19.9 Å². The second-order valence-electron chi connectivity index (χ2n) is 3.22. The van der Waals surface area contributed by atoms with Gasteiger partial charge in [0.2, 0.25) is 0 Å². The maximum absolute atomic E-state index is 10.9. The van der Waals surface area contributed by atoms with Gasteiger partial charge in [0.05, 0.1) is 6.54 Å². The van der Waals surface area contributed by atoms with Gasteiger partial charge in [0, 0.05) is 0 Å². The molecule has 0 radical (unpaired) electrons. The number of hydrogen-bond donors (Lipinski definition) is 8. The number of aromatic amines is 4. The number of aromatic nitrogens is 4. The van der Waals surface area contributed by atoms with E-state index in [9.17, 15) is 14.4 Å². The molecule has 11 nitrogen and oxygen atoms in total. The van der Waals surface area contributed by atoms with Crippen molar-refractivity contribution in [2.75, 3.05) is 6.54 Å². The van der Waals surface area contributed by atoms with Crippen LogP contribution in [0.25, 0.3) is 11.2 Å². The van der Waals surface area contributed by atoms with Gasteiger partial charge in [-0.05, 0) is 0 Å². The van der Waals surface area contributed by atoms with E-state index < -0.39 is 29.5 Å². The van der Waals surface area contributed by atoms with Gasteiger partial charge < -0.3 is 21.1 Å². The van der Waals surface area contributed by atoms with Gasteiger partial charge in [0.25, 0.3) is 11.5 Å². The number of rotatable bonds is 1. The summed E-state index contributed by atoms with van der Waals surface area (Å²) in [5.41, 5.74) is 2.90. The highest BCUT2D eigenvalue weighted by molar-refractivity contribution is 5.67. The van der Waals surface area contributed by atoms with Gasteiger partial charge in [-0.15, -0.1) is 0 Å². The molecular weight excluding hydrogens is 250 g/mol. The van der Waals surface area contributed by atoms with Crippen LogP contribution in [-0.4, -0.2) is 47.8 Å². The Balaban J connectivity index is 0.000000232. The first kappa shape index (κ1) is 13.9. The van der Waals surface area contributed by atoms with E-state index in [1.807, 2.05) is 4.98 Å². The summed E-state index contributed by atoms with van der Waals surface area (Å²) in [7, 11) is 0. The summed E-state index contributed by atoms with van der Waals surface area (Å²) in [6, 6.07) is 0. The normalized spacial score (nSPS) is 11.1. The Bertz CT molecular complexity index is 685. The summed E-state index contributed by atoms with van der Waals surface area (Å²) in [5, 5.41) is 23.4. The van der Waals surface area contributed by atoms with Crippen LogP contribution in [0.15, 0.2) is 14.4 Å². The molecule has 0 bridgehead atoms. The highest BCUT2D eigenvalue weighted by Gasteiger charge is 2.12. The summed E-state index contributed by atoms with van der Waals surface area (Å²) < 4.78 is 0. The maximum atomic E-state index is 10.9. The lowest BCUT2D eigenvalue weighted by Gasteiger charge is -2.07. The predicted octanol–water partition coefficient (Wildman–Crippen LogP) is -4.19. The quantitative estimate of drug-likeness (QED) is 0.237. The second-order valence-corrected chi connectivity index (χ2v) is 3.22. The molecule has 0 atom stereocenters. The molecular formula is C7H11N5O6. The average molecular weight is 261 g/mol. The third kappa shape index (κ3) is 3.67. The molecule has 0 aliphatic carbocycles. The minimum atomic E-state index is -2.68. The SMILES string of the molecule is NCC(O)(O)O.O=c1[nH]c(=O)c2[nH]c(=O)[nH]c2[nH]1. The van der Waals surface area contributed by atoms with E-state index in [1.165, 1.54) is 0 Å². The second kappa shape index (κ2) is 4.97. The molecule has 0 fully saturated rings. The summed E-state index contributed by atoms with van der Waals surface area (Å²) in [4.78, 5) is 41.0. The number of imidazole rings is 1. The molecule has 2 rings (SSSR count). The van der Waals surface area contributed by atoms with Gasteiger partial charge >= 0.3 is 11.4 Å². The molecule has 18 heavy (non-hydrogen) atoms. The molecule has 0 saturated carbocycles. The van der Waals surface area contributed by atoms with Crippen LogP contribution in [0, 0.1) is 0 Å². The fraction of sp³-hybridized carbons (Fsp3) is 0.286. The Morgan fingerprint density at radius 3 is 1.83 bits per heavy atom. The number of nitrogens with two attached hydrogens (primary N) is 1. The van der Waals surface area contributed by atoms with Gasteiger partial charge in [0.15, 0.2) is 0 Å². The van der Waals surface area contributed by atoms with Crippen molar-refractivity contribution in [2.45, 2.75) is 5.97 Å². The lowest BCUT2D eigenvalue weighted by molar-refractivity contribution is -0.302. The van der Waals surface area contributed by atoms with E-state index in [4.69, 9.17) is 15.3 Å². The fourth-order valence-electron chi connectivity index (χ4n) is 0.958. The van der Waals surface area contributed by atoms with E-state index in [1.54, 1.807) is 0 Å².